The summed E-state index contributed by atoms with van der Waals surface area (Å²) >= 11 is 0. The third-order valence-electron chi connectivity index (χ3n) is 8.02. The number of rotatable bonds is 3. The van der Waals surface area contributed by atoms with E-state index in [0.29, 0.717) is 5.41 Å². The maximum absolute atomic E-state index is 6.10. The maximum atomic E-state index is 6.10. The number of hydrogen-bond donors (Lipinski definition) is 1. The molecule has 0 aromatic carbocycles. The molecule has 5 saturated carbocycles. The fraction of sp³-hybridized carbons (Fsp3) is 1.00. The number of nitrogens with two attached hydrogens (primary N) is 1. The van der Waals surface area contributed by atoms with E-state index in [1.165, 1.54) is 32.1 Å². The van der Waals surface area contributed by atoms with Gasteiger partial charge in [-0.3, -0.25) is 0 Å². The molecular weight excluding hydrogens is 242 g/mol. The van der Waals surface area contributed by atoms with E-state index in [9.17, 15) is 0 Å². The minimum atomic E-state index is 0.643. The molecule has 5 fully saturated rings. The van der Waals surface area contributed by atoms with Crippen molar-refractivity contribution in [3.05, 3.63) is 0 Å². The molecule has 5 rings (SSSR count). The van der Waals surface area contributed by atoms with Crippen LogP contribution in [0.4, 0.5) is 0 Å². The fourth-order valence-electron chi connectivity index (χ4n) is 7.40. The van der Waals surface area contributed by atoms with Crippen molar-refractivity contribution in [3.63, 3.8) is 0 Å². The first kappa shape index (κ1) is 13.6. The summed E-state index contributed by atoms with van der Waals surface area (Å²) in [5.41, 5.74) is 7.46. The van der Waals surface area contributed by atoms with Crippen molar-refractivity contribution in [2.75, 3.05) is 6.54 Å². The molecule has 0 unspecified atom stereocenters. The molecular formula is C19H33N. The van der Waals surface area contributed by atoms with Crippen LogP contribution < -0.4 is 5.73 Å². The van der Waals surface area contributed by atoms with E-state index in [0.717, 1.165) is 35.6 Å². The molecule has 2 N–H and O–H groups in total. The summed E-state index contributed by atoms with van der Waals surface area (Å²) in [5.74, 6) is 4.25. The van der Waals surface area contributed by atoms with Gasteiger partial charge in [-0.05, 0) is 98.8 Å². The Bertz CT molecular complexity index is 329. The van der Waals surface area contributed by atoms with Gasteiger partial charge in [0.25, 0.3) is 0 Å². The predicted molar refractivity (Wildman–Crippen MR) is 84.3 cm³/mol. The summed E-state index contributed by atoms with van der Waals surface area (Å²) in [4.78, 5) is 0. The van der Waals surface area contributed by atoms with Crippen LogP contribution in [-0.4, -0.2) is 6.54 Å². The van der Waals surface area contributed by atoms with E-state index in [1.54, 1.807) is 38.5 Å². The molecule has 0 atom stereocenters. The molecule has 0 aromatic rings. The molecule has 0 heterocycles. The van der Waals surface area contributed by atoms with Crippen LogP contribution in [0.2, 0.25) is 0 Å². The largest absolute Gasteiger partial charge is 0.330 e. The van der Waals surface area contributed by atoms with E-state index in [1.807, 2.05) is 0 Å². The van der Waals surface area contributed by atoms with Crippen LogP contribution in [-0.2, 0) is 0 Å². The van der Waals surface area contributed by atoms with Gasteiger partial charge in [-0.1, -0.05) is 19.8 Å². The molecule has 0 aliphatic heterocycles. The quantitative estimate of drug-likeness (QED) is 0.790. The second kappa shape index (κ2) is 4.73. The molecule has 0 aromatic heterocycles. The Balaban J connectivity index is 1.65. The highest BCUT2D eigenvalue weighted by Gasteiger charge is 2.59. The van der Waals surface area contributed by atoms with E-state index < -0.39 is 0 Å². The zero-order valence-electron chi connectivity index (χ0n) is 13.4. The number of hydrogen-bond acceptors (Lipinski definition) is 1. The minimum absolute atomic E-state index is 0.643. The average Bonchev–Trinajstić information content (AvgIpc) is 2.40. The average molecular weight is 275 g/mol. The highest BCUT2D eigenvalue weighted by atomic mass is 14.7. The summed E-state index contributed by atoms with van der Waals surface area (Å²) in [6.45, 7) is 3.39. The van der Waals surface area contributed by atoms with Gasteiger partial charge in [0.2, 0.25) is 0 Å². The normalized spacial score (nSPS) is 54.3. The van der Waals surface area contributed by atoms with E-state index in [2.05, 4.69) is 6.92 Å². The Morgan fingerprint density at radius 2 is 1.40 bits per heavy atom. The van der Waals surface area contributed by atoms with Gasteiger partial charge in [-0.2, -0.15) is 0 Å². The first-order chi connectivity index (χ1) is 9.65. The molecule has 1 heteroatoms. The van der Waals surface area contributed by atoms with Gasteiger partial charge in [-0.25, -0.2) is 0 Å². The first-order valence-electron chi connectivity index (χ1n) is 9.35. The lowest BCUT2D eigenvalue weighted by atomic mass is 9.40. The lowest BCUT2D eigenvalue weighted by Crippen LogP contribution is -2.56. The smallest absolute Gasteiger partial charge is 0.00718 e. The minimum Gasteiger partial charge on any atom is -0.330 e. The summed E-state index contributed by atoms with van der Waals surface area (Å²) < 4.78 is 0. The van der Waals surface area contributed by atoms with Gasteiger partial charge in [0, 0.05) is 0 Å². The molecule has 114 valence electrons. The zero-order valence-corrected chi connectivity index (χ0v) is 13.4. The molecule has 0 saturated heterocycles. The topological polar surface area (TPSA) is 26.0 Å². The van der Waals surface area contributed by atoms with Gasteiger partial charge in [0.1, 0.15) is 0 Å². The van der Waals surface area contributed by atoms with Crippen LogP contribution in [0.25, 0.3) is 0 Å². The highest BCUT2D eigenvalue weighted by Crippen LogP contribution is 2.69. The zero-order chi connectivity index (χ0) is 13.8. The van der Waals surface area contributed by atoms with Crippen molar-refractivity contribution in [2.24, 2.45) is 40.2 Å². The van der Waals surface area contributed by atoms with Crippen molar-refractivity contribution < 1.29 is 0 Å². The van der Waals surface area contributed by atoms with Crippen LogP contribution in [0.1, 0.15) is 77.6 Å². The Labute approximate surface area is 125 Å². The van der Waals surface area contributed by atoms with Crippen molar-refractivity contribution in [1.29, 1.82) is 0 Å². The van der Waals surface area contributed by atoms with Crippen LogP contribution in [0.5, 0.6) is 0 Å². The third-order valence-corrected chi connectivity index (χ3v) is 8.02. The van der Waals surface area contributed by atoms with Crippen LogP contribution in [0.3, 0.4) is 0 Å². The van der Waals surface area contributed by atoms with Gasteiger partial charge in [0.15, 0.2) is 0 Å². The first-order valence-corrected chi connectivity index (χ1v) is 9.35. The van der Waals surface area contributed by atoms with Gasteiger partial charge in [-0.15, -0.1) is 0 Å². The summed E-state index contributed by atoms with van der Waals surface area (Å²) in [7, 11) is 0. The Kier molecular flexibility index (Phi) is 3.22. The molecule has 0 spiro atoms. The summed E-state index contributed by atoms with van der Waals surface area (Å²) in [5, 5.41) is 0. The van der Waals surface area contributed by atoms with E-state index >= 15 is 0 Å². The second-order valence-corrected chi connectivity index (χ2v) is 9.20. The van der Waals surface area contributed by atoms with Crippen molar-refractivity contribution >= 4 is 0 Å². The Morgan fingerprint density at radius 3 is 1.85 bits per heavy atom. The molecule has 1 nitrogen and oxygen atoms in total. The maximum Gasteiger partial charge on any atom is -0.00718 e. The van der Waals surface area contributed by atoms with Crippen LogP contribution >= 0.6 is 0 Å². The standard InChI is InChI=1S/C19H33N/c1-14-2-4-18(5-3-14,6-7-20)19-11-15-8-16(12-19)10-17(9-15)13-19/h14-17H,2-13,20H2,1H3. The summed E-state index contributed by atoms with van der Waals surface area (Å²) in [6.07, 6.45) is 16.7. The lowest BCUT2D eigenvalue weighted by molar-refractivity contribution is -0.150. The third kappa shape index (κ3) is 1.91. The Hall–Kier alpha value is -0.0400. The van der Waals surface area contributed by atoms with Crippen LogP contribution in [0.15, 0.2) is 0 Å². The summed E-state index contributed by atoms with van der Waals surface area (Å²) in [6, 6.07) is 0. The van der Waals surface area contributed by atoms with Crippen molar-refractivity contribution in [1.82, 2.24) is 0 Å². The van der Waals surface area contributed by atoms with Crippen molar-refractivity contribution in [2.45, 2.75) is 77.6 Å². The molecule has 5 aliphatic carbocycles. The van der Waals surface area contributed by atoms with Gasteiger partial charge >= 0.3 is 0 Å². The van der Waals surface area contributed by atoms with Gasteiger partial charge < -0.3 is 5.73 Å². The lowest BCUT2D eigenvalue weighted by Gasteiger charge is -2.65. The van der Waals surface area contributed by atoms with Gasteiger partial charge in [0.05, 0.1) is 0 Å². The van der Waals surface area contributed by atoms with E-state index in [-0.39, 0.29) is 0 Å². The Morgan fingerprint density at radius 1 is 0.900 bits per heavy atom. The molecule has 20 heavy (non-hydrogen) atoms. The molecule has 0 radical (unpaired) electrons. The SMILES string of the molecule is CC1CCC(CCN)(C23CC4CC(CC(C4)C2)C3)CC1. The van der Waals surface area contributed by atoms with Crippen molar-refractivity contribution in [3.8, 4) is 0 Å². The fourth-order valence-corrected chi connectivity index (χ4v) is 7.40. The van der Waals surface area contributed by atoms with Crippen LogP contribution in [0, 0.1) is 34.5 Å². The monoisotopic (exact) mass is 275 g/mol. The van der Waals surface area contributed by atoms with E-state index in [4.69, 9.17) is 5.73 Å². The molecule has 4 bridgehead atoms. The second-order valence-electron chi connectivity index (χ2n) is 9.20. The highest BCUT2D eigenvalue weighted by molar-refractivity contribution is 5.10. The molecule has 5 aliphatic rings. The predicted octanol–water partition coefficient (Wildman–Crippen LogP) is 4.75. The molecule has 0 amide bonds.